The minimum Gasteiger partial charge on any atom is -0.354 e. The van der Waals surface area contributed by atoms with Crippen molar-refractivity contribution in [3.63, 3.8) is 0 Å². The maximum atomic E-state index is 12.4. The Morgan fingerprint density at radius 2 is 1.08 bits per heavy atom. The Kier molecular flexibility index (Phi) is 7.47. The molecule has 0 aliphatic rings. The fourth-order valence-corrected chi connectivity index (χ4v) is 4.45. The first-order valence-corrected chi connectivity index (χ1v) is 13.0. The van der Waals surface area contributed by atoms with E-state index in [2.05, 4.69) is 20.7 Å². The maximum absolute atomic E-state index is 12.4. The Bertz CT molecular complexity index is 1620. The second-order valence-electron chi connectivity index (χ2n) is 8.25. The van der Waals surface area contributed by atoms with Crippen LogP contribution < -0.4 is 20.7 Å². The molecule has 37 heavy (non-hydrogen) atoms. The first kappa shape index (κ1) is 25.7. The van der Waals surface area contributed by atoms with Gasteiger partial charge in [-0.1, -0.05) is 36.4 Å². The lowest BCUT2D eigenvalue weighted by atomic mass is 10.1. The van der Waals surface area contributed by atoms with Crippen LogP contribution in [0.3, 0.4) is 0 Å². The number of benzene rings is 4. The molecule has 0 saturated heterocycles. The minimum absolute atomic E-state index is 0. The van der Waals surface area contributed by atoms with Crippen LogP contribution in [0.15, 0.2) is 97.1 Å². The predicted octanol–water partition coefficient (Wildman–Crippen LogP) is 6.57. The highest BCUT2D eigenvalue weighted by molar-refractivity contribution is 7.92. The van der Waals surface area contributed by atoms with Gasteiger partial charge in [0.05, 0.1) is 23.0 Å². The van der Waals surface area contributed by atoms with Gasteiger partial charge in [0.1, 0.15) is 0 Å². The van der Waals surface area contributed by atoms with Crippen LogP contribution >= 0.6 is 12.4 Å². The molecule has 0 spiro atoms. The molecule has 1 heterocycles. The van der Waals surface area contributed by atoms with E-state index >= 15 is 0 Å². The Morgan fingerprint density at radius 1 is 0.649 bits per heavy atom. The van der Waals surface area contributed by atoms with Crippen LogP contribution in [-0.4, -0.2) is 25.7 Å². The Balaban J connectivity index is 0.00000320. The first-order chi connectivity index (χ1) is 17.3. The van der Waals surface area contributed by atoms with E-state index in [4.69, 9.17) is 4.98 Å². The molecule has 4 aromatic carbocycles. The standard InChI is InChI=1S/C27H23N5O3S.ClH/c1-36(34,35)32-21-16-14-20(15-17-21)30-27(33)29-19-12-10-18(11-13-19)28-26-22-6-2-4-8-24(22)31-25-9-5-3-7-23(25)26;/h2-17,32H,1H3,(H,28,31)(H2,29,30,33);1H. The van der Waals surface area contributed by atoms with Gasteiger partial charge < -0.3 is 16.0 Å². The zero-order chi connectivity index (χ0) is 25.1. The summed E-state index contributed by atoms with van der Waals surface area (Å²) in [6.45, 7) is 0. The number of aromatic nitrogens is 1. The summed E-state index contributed by atoms with van der Waals surface area (Å²) in [6, 6.07) is 29.4. The molecule has 8 nitrogen and oxygen atoms in total. The van der Waals surface area contributed by atoms with Crippen LogP contribution in [0.25, 0.3) is 21.8 Å². The van der Waals surface area contributed by atoms with Gasteiger partial charge in [-0.3, -0.25) is 4.72 Å². The van der Waals surface area contributed by atoms with Crippen molar-refractivity contribution in [2.45, 2.75) is 0 Å². The van der Waals surface area contributed by atoms with Crippen LogP contribution in [-0.2, 0) is 10.0 Å². The fraction of sp³-hybridized carbons (Fsp3) is 0.0370. The summed E-state index contributed by atoms with van der Waals surface area (Å²) in [5.74, 6) is 0. The van der Waals surface area contributed by atoms with E-state index in [1.165, 1.54) is 0 Å². The number of urea groups is 1. The zero-order valence-corrected chi connectivity index (χ0v) is 21.4. The Hall–Kier alpha value is -4.34. The molecule has 4 N–H and O–H groups in total. The first-order valence-electron chi connectivity index (χ1n) is 11.1. The molecule has 10 heteroatoms. The molecule has 0 fully saturated rings. The lowest BCUT2D eigenvalue weighted by Gasteiger charge is -2.14. The molecule has 0 aliphatic carbocycles. The molecule has 0 bridgehead atoms. The maximum Gasteiger partial charge on any atom is 0.323 e. The molecule has 0 atom stereocenters. The SMILES string of the molecule is CS(=O)(=O)Nc1ccc(NC(=O)Nc2ccc(Nc3c4ccccc4nc4ccccc34)cc2)cc1.Cl. The average Bonchev–Trinajstić information content (AvgIpc) is 2.85. The minimum atomic E-state index is -3.36. The number of carbonyl (C=O) groups excluding carboxylic acids is 1. The summed E-state index contributed by atoms with van der Waals surface area (Å²) in [7, 11) is -3.36. The van der Waals surface area contributed by atoms with E-state index in [0.717, 1.165) is 39.4 Å². The molecule has 0 unspecified atom stereocenters. The van der Waals surface area contributed by atoms with Gasteiger partial charge in [-0.25, -0.2) is 18.2 Å². The number of amides is 2. The normalized spacial score (nSPS) is 10.9. The molecular weight excluding hydrogens is 510 g/mol. The fourth-order valence-electron chi connectivity index (χ4n) is 3.88. The van der Waals surface area contributed by atoms with Crippen molar-refractivity contribution < 1.29 is 13.2 Å². The topological polar surface area (TPSA) is 112 Å². The highest BCUT2D eigenvalue weighted by atomic mass is 35.5. The lowest BCUT2D eigenvalue weighted by molar-refractivity contribution is 0.262. The number of rotatable bonds is 6. The summed E-state index contributed by atoms with van der Waals surface area (Å²) >= 11 is 0. The van der Waals surface area contributed by atoms with E-state index in [-0.39, 0.29) is 12.4 Å². The second-order valence-corrected chi connectivity index (χ2v) is 10.0. The number of carbonyl (C=O) groups is 1. The van der Waals surface area contributed by atoms with Crippen molar-refractivity contribution >= 4 is 78.7 Å². The molecule has 188 valence electrons. The van der Waals surface area contributed by atoms with Crippen molar-refractivity contribution in [3.05, 3.63) is 97.1 Å². The highest BCUT2D eigenvalue weighted by Crippen LogP contribution is 2.33. The van der Waals surface area contributed by atoms with E-state index in [1.807, 2.05) is 72.8 Å². The monoisotopic (exact) mass is 533 g/mol. The number of para-hydroxylation sites is 2. The van der Waals surface area contributed by atoms with Crippen molar-refractivity contribution in [1.29, 1.82) is 0 Å². The van der Waals surface area contributed by atoms with Crippen LogP contribution in [0.4, 0.5) is 33.2 Å². The van der Waals surface area contributed by atoms with Crippen molar-refractivity contribution in [1.82, 2.24) is 4.98 Å². The van der Waals surface area contributed by atoms with E-state index < -0.39 is 16.1 Å². The number of fused-ring (bicyclic) bond motifs is 2. The van der Waals surface area contributed by atoms with Crippen LogP contribution in [0.2, 0.25) is 0 Å². The van der Waals surface area contributed by atoms with E-state index in [0.29, 0.717) is 17.1 Å². The Morgan fingerprint density at radius 3 is 1.57 bits per heavy atom. The van der Waals surface area contributed by atoms with Gasteiger partial charge in [0.25, 0.3) is 0 Å². The van der Waals surface area contributed by atoms with Crippen molar-refractivity contribution in [2.24, 2.45) is 0 Å². The zero-order valence-electron chi connectivity index (χ0n) is 19.7. The van der Waals surface area contributed by atoms with Gasteiger partial charge in [-0.2, -0.15) is 0 Å². The summed E-state index contributed by atoms with van der Waals surface area (Å²) in [5, 5.41) is 11.1. The third-order valence-electron chi connectivity index (χ3n) is 5.45. The van der Waals surface area contributed by atoms with Gasteiger partial charge in [0.15, 0.2) is 0 Å². The largest absolute Gasteiger partial charge is 0.354 e. The molecule has 2 amide bonds. The molecular formula is C27H24ClN5O3S. The highest BCUT2D eigenvalue weighted by Gasteiger charge is 2.10. The molecule has 0 saturated carbocycles. The van der Waals surface area contributed by atoms with Crippen molar-refractivity contribution in [3.8, 4) is 0 Å². The quantitative estimate of drug-likeness (QED) is 0.184. The van der Waals surface area contributed by atoms with E-state index in [9.17, 15) is 13.2 Å². The van der Waals surface area contributed by atoms with Crippen LogP contribution in [0, 0.1) is 0 Å². The number of hydrogen-bond donors (Lipinski definition) is 4. The Labute approximate surface area is 220 Å². The third kappa shape index (κ3) is 6.27. The van der Waals surface area contributed by atoms with Gasteiger partial charge in [0, 0.05) is 33.5 Å². The molecule has 5 aromatic rings. The summed E-state index contributed by atoms with van der Waals surface area (Å²) < 4.78 is 25.0. The van der Waals surface area contributed by atoms with Gasteiger partial charge in [-0.05, 0) is 60.7 Å². The summed E-state index contributed by atoms with van der Waals surface area (Å²) in [4.78, 5) is 17.2. The predicted molar refractivity (Wildman–Crippen MR) is 154 cm³/mol. The van der Waals surface area contributed by atoms with Crippen LogP contribution in [0.5, 0.6) is 0 Å². The smallest absolute Gasteiger partial charge is 0.323 e. The second kappa shape index (κ2) is 10.7. The van der Waals surface area contributed by atoms with E-state index in [1.54, 1.807) is 24.3 Å². The number of anilines is 5. The average molecular weight is 534 g/mol. The van der Waals surface area contributed by atoms with Gasteiger partial charge in [0.2, 0.25) is 10.0 Å². The number of nitrogens with zero attached hydrogens (tertiary/aromatic N) is 1. The third-order valence-corrected chi connectivity index (χ3v) is 6.05. The van der Waals surface area contributed by atoms with Gasteiger partial charge in [-0.15, -0.1) is 12.4 Å². The lowest BCUT2D eigenvalue weighted by Crippen LogP contribution is -2.19. The molecule has 1 aromatic heterocycles. The summed E-state index contributed by atoms with van der Waals surface area (Å²) in [5.41, 5.74) is 5.24. The van der Waals surface area contributed by atoms with Gasteiger partial charge >= 0.3 is 6.03 Å². The van der Waals surface area contributed by atoms with Crippen LogP contribution in [0.1, 0.15) is 0 Å². The van der Waals surface area contributed by atoms with Crippen molar-refractivity contribution in [2.75, 3.05) is 26.9 Å². The molecule has 5 rings (SSSR count). The summed E-state index contributed by atoms with van der Waals surface area (Å²) in [6.07, 6.45) is 1.08. The molecule has 0 radical (unpaired) electrons. The molecule has 0 aliphatic heterocycles. The number of pyridine rings is 1. The number of halogens is 1. The number of sulfonamides is 1. The number of hydrogen-bond acceptors (Lipinski definition) is 5. The number of nitrogens with one attached hydrogen (secondary N) is 4.